The van der Waals surface area contributed by atoms with Crippen molar-refractivity contribution in [2.24, 2.45) is 0 Å². The average molecular weight is 403 g/mol. The minimum atomic E-state index is 0.172. The van der Waals surface area contributed by atoms with Gasteiger partial charge >= 0.3 is 0 Å². The maximum Gasteiger partial charge on any atom is 0.227 e. The van der Waals surface area contributed by atoms with Crippen molar-refractivity contribution in [1.82, 2.24) is 14.7 Å². The van der Waals surface area contributed by atoms with Crippen molar-refractivity contribution < 1.29 is 4.79 Å². The predicted molar refractivity (Wildman–Crippen MR) is 121 cm³/mol. The minimum absolute atomic E-state index is 0.172. The Bertz CT molecular complexity index is 930. The molecule has 1 amide bonds. The molecule has 0 radical (unpaired) electrons. The van der Waals surface area contributed by atoms with Gasteiger partial charge in [0.05, 0.1) is 23.8 Å². The highest BCUT2D eigenvalue weighted by molar-refractivity contribution is 5.93. The van der Waals surface area contributed by atoms with Crippen LogP contribution in [0.25, 0.3) is 5.69 Å². The Hall–Kier alpha value is -2.92. The number of carbonyl (C=O) groups is 1. The molecule has 4 rings (SSSR count). The summed E-state index contributed by atoms with van der Waals surface area (Å²) >= 11 is 0. The highest BCUT2D eigenvalue weighted by Gasteiger charge is 2.29. The fourth-order valence-electron chi connectivity index (χ4n) is 4.22. The van der Waals surface area contributed by atoms with E-state index in [9.17, 15) is 4.79 Å². The Kier molecular flexibility index (Phi) is 6.60. The summed E-state index contributed by atoms with van der Waals surface area (Å²) in [5.41, 5.74) is 3.28. The van der Waals surface area contributed by atoms with E-state index < -0.39 is 0 Å². The monoisotopic (exact) mass is 402 g/mol. The topological polar surface area (TPSA) is 41.4 Å². The van der Waals surface area contributed by atoms with Crippen molar-refractivity contribution in [3.8, 4) is 5.69 Å². The summed E-state index contributed by atoms with van der Waals surface area (Å²) < 4.78 is 1.85. The Morgan fingerprint density at radius 2 is 1.70 bits per heavy atom. The number of rotatable bonds is 7. The number of hydrogen-bond acceptors (Lipinski definition) is 3. The first-order valence-electron chi connectivity index (χ1n) is 10.9. The van der Waals surface area contributed by atoms with Crippen LogP contribution in [0.1, 0.15) is 31.7 Å². The molecule has 2 aromatic carbocycles. The van der Waals surface area contributed by atoms with Gasteiger partial charge in [-0.05, 0) is 37.0 Å². The van der Waals surface area contributed by atoms with Crippen LogP contribution in [0.15, 0.2) is 73.1 Å². The summed E-state index contributed by atoms with van der Waals surface area (Å²) in [5, 5.41) is 4.51. The van der Waals surface area contributed by atoms with Gasteiger partial charge in [-0.3, -0.25) is 4.79 Å². The Morgan fingerprint density at radius 1 is 1.03 bits per heavy atom. The number of aromatic nitrogens is 2. The van der Waals surface area contributed by atoms with Crippen LogP contribution in [0.4, 0.5) is 5.69 Å². The average Bonchev–Trinajstić information content (AvgIpc) is 3.29. The summed E-state index contributed by atoms with van der Waals surface area (Å²) in [7, 11) is 0. The fourth-order valence-corrected chi connectivity index (χ4v) is 4.22. The van der Waals surface area contributed by atoms with Crippen LogP contribution in [0.5, 0.6) is 0 Å². The third-order valence-electron chi connectivity index (χ3n) is 5.92. The Balaban J connectivity index is 1.40. The van der Waals surface area contributed by atoms with Crippen LogP contribution in [-0.4, -0.2) is 46.3 Å². The fraction of sp³-hybridized carbons (Fsp3) is 0.360. The largest absolute Gasteiger partial charge is 0.306 e. The third kappa shape index (κ3) is 4.79. The zero-order valence-corrected chi connectivity index (χ0v) is 17.7. The van der Waals surface area contributed by atoms with Gasteiger partial charge in [0.1, 0.15) is 0 Å². The van der Waals surface area contributed by atoms with Crippen molar-refractivity contribution in [2.75, 3.05) is 24.5 Å². The maximum atomic E-state index is 12.8. The van der Waals surface area contributed by atoms with Crippen molar-refractivity contribution >= 4 is 11.6 Å². The summed E-state index contributed by atoms with van der Waals surface area (Å²) in [6.07, 6.45) is 7.37. The first-order valence-corrected chi connectivity index (χ1v) is 10.9. The number of piperidine rings is 1. The third-order valence-corrected chi connectivity index (χ3v) is 5.92. The number of hydrogen-bond donors (Lipinski definition) is 0. The van der Waals surface area contributed by atoms with Gasteiger partial charge in [-0.15, -0.1) is 0 Å². The number of likely N-dealkylation sites (tertiary alicyclic amines) is 1. The summed E-state index contributed by atoms with van der Waals surface area (Å²) in [6, 6.07) is 20.9. The molecule has 5 heteroatoms. The second kappa shape index (κ2) is 9.72. The molecule has 1 aromatic heterocycles. The standard InChI is InChI=1S/C25H30N4O/c1-2-25(30)29(24-19-26-28(20-24)22-11-7-4-8-12-22)23-14-17-27(18-15-23)16-13-21-9-5-3-6-10-21/h3-12,19-20,23H,2,13-18H2,1H3. The number of carbonyl (C=O) groups excluding carboxylic acids is 1. The summed E-state index contributed by atoms with van der Waals surface area (Å²) in [4.78, 5) is 17.3. The van der Waals surface area contributed by atoms with E-state index in [1.54, 1.807) is 0 Å². The van der Waals surface area contributed by atoms with Gasteiger partial charge in [0.25, 0.3) is 0 Å². The summed E-state index contributed by atoms with van der Waals surface area (Å²) in [6.45, 7) is 5.06. The molecule has 5 nitrogen and oxygen atoms in total. The van der Waals surface area contributed by atoms with Gasteiger partial charge < -0.3 is 9.80 Å². The molecule has 0 N–H and O–H groups in total. The van der Waals surface area contributed by atoms with Gasteiger partial charge in [-0.25, -0.2) is 4.68 Å². The van der Waals surface area contributed by atoms with Crippen LogP contribution in [0.3, 0.4) is 0 Å². The molecule has 1 saturated heterocycles. The molecule has 0 atom stereocenters. The lowest BCUT2D eigenvalue weighted by molar-refractivity contribution is -0.119. The zero-order chi connectivity index (χ0) is 20.8. The highest BCUT2D eigenvalue weighted by atomic mass is 16.2. The van der Waals surface area contributed by atoms with E-state index in [2.05, 4.69) is 40.3 Å². The molecule has 30 heavy (non-hydrogen) atoms. The van der Waals surface area contributed by atoms with Crippen LogP contribution < -0.4 is 4.90 Å². The number of benzene rings is 2. The Labute approximate surface area is 178 Å². The van der Waals surface area contributed by atoms with Gasteiger partial charge in [-0.1, -0.05) is 55.5 Å². The predicted octanol–water partition coefficient (Wildman–Crippen LogP) is 4.32. The van der Waals surface area contributed by atoms with Crippen molar-refractivity contribution in [3.05, 3.63) is 78.6 Å². The number of nitrogens with zero attached hydrogens (tertiary/aromatic N) is 4. The first-order chi connectivity index (χ1) is 14.7. The van der Waals surface area contributed by atoms with E-state index in [0.29, 0.717) is 6.42 Å². The number of amides is 1. The lowest BCUT2D eigenvalue weighted by Crippen LogP contribution is -2.47. The lowest BCUT2D eigenvalue weighted by Gasteiger charge is -2.38. The van der Waals surface area contributed by atoms with E-state index in [1.165, 1.54) is 5.56 Å². The van der Waals surface area contributed by atoms with E-state index in [1.807, 2.05) is 59.2 Å². The van der Waals surface area contributed by atoms with Gasteiger partial charge in [-0.2, -0.15) is 5.10 Å². The zero-order valence-electron chi connectivity index (χ0n) is 17.7. The molecule has 1 aliphatic rings. The van der Waals surface area contributed by atoms with Crippen LogP contribution in [-0.2, 0) is 11.2 Å². The van der Waals surface area contributed by atoms with Crippen LogP contribution in [0, 0.1) is 0 Å². The molecular weight excluding hydrogens is 372 g/mol. The van der Waals surface area contributed by atoms with E-state index in [4.69, 9.17) is 0 Å². The van der Waals surface area contributed by atoms with Crippen molar-refractivity contribution in [1.29, 1.82) is 0 Å². The SMILES string of the molecule is CCC(=O)N(c1cnn(-c2ccccc2)c1)C1CCN(CCc2ccccc2)CC1. The minimum Gasteiger partial charge on any atom is -0.306 e. The van der Waals surface area contributed by atoms with E-state index in [-0.39, 0.29) is 11.9 Å². The lowest BCUT2D eigenvalue weighted by atomic mass is 10.0. The van der Waals surface area contributed by atoms with E-state index in [0.717, 1.165) is 50.3 Å². The molecule has 156 valence electrons. The normalized spacial score (nSPS) is 15.2. The molecule has 2 heterocycles. The molecule has 3 aromatic rings. The first kappa shape index (κ1) is 20.4. The van der Waals surface area contributed by atoms with Crippen LogP contribution in [0.2, 0.25) is 0 Å². The molecule has 0 unspecified atom stereocenters. The molecule has 0 spiro atoms. The Morgan fingerprint density at radius 3 is 2.37 bits per heavy atom. The molecular formula is C25H30N4O. The molecule has 0 aliphatic carbocycles. The second-order valence-corrected chi connectivity index (χ2v) is 7.90. The van der Waals surface area contributed by atoms with Crippen molar-refractivity contribution in [3.63, 3.8) is 0 Å². The smallest absolute Gasteiger partial charge is 0.227 e. The quantitative estimate of drug-likeness (QED) is 0.591. The highest BCUT2D eigenvalue weighted by Crippen LogP contribution is 2.25. The van der Waals surface area contributed by atoms with Gasteiger partial charge in [0.2, 0.25) is 5.91 Å². The van der Waals surface area contributed by atoms with Crippen molar-refractivity contribution in [2.45, 2.75) is 38.6 Å². The molecule has 0 saturated carbocycles. The van der Waals surface area contributed by atoms with E-state index >= 15 is 0 Å². The van der Waals surface area contributed by atoms with Crippen LogP contribution >= 0.6 is 0 Å². The second-order valence-electron chi connectivity index (χ2n) is 7.90. The molecule has 0 bridgehead atoms. The van der Waals surface area contributed by atoms with Gasteiger partial charge in [0.15, 0.2) is 0 Å². The molecule has 1 fully saturated rings. The molecule has 1 aliphatic heterocycles. The maximum absolute atomic E-state index is 12.8. The summed E-state index contributed by atoms with van der Waals surface area (Å²) in [5.74, 6) is 0.172. The number of para-hydroxylation sites is 1. The number of anilines is 1. The van der Waals surface area contributed by atoms with Gasteiger partial charge in [0, 0.05) is 32.1 Å².